The summed E-state index contributed by atoms with van der Waals surface area (Å²) >= 11 is 0. The Balaban J connectivity index is 2.20. The van der Waals surface area contributed by atoms with Crippen LogP contribution in [0.5, 0.6) is 0 Å². The number of aryl methyl sites for hydroxylation is 2. The average Bonchev–Trinajstić information content (AvgIpc) is 2.72. The molecule has 128 valence electrons. The van der Waals surface area contributed by atoms with Crippen LogP contribution >= 0.6 is 0 Å². The van der Waals surface area contributed by atoms with Gasteiger partial charge >= 0.3 is 0 Å². The molecular formula is C17H26N2O3S. The molecule has 0 radical (unpaired) electrons. The van der Waals surface area contributed by atoms with Crippen molar-refractivity contribution in [2.24, 2.45) is 5.92 Å². The van der Waals surface area contributed by atoms with E-state index in [9.17, 15) is 13.2 Å². The van der Waals surface area contributed by atoms with Gasteiger partial charge in [-0.1, -0.05) is 31.5 Å². The van der Waals surface area contributed by atoms with E-state index in [4.69, 9.17) is 0 Å². The number of carbonyl (C=O) groups excluding carboxylic acids is 1. The van der Waals surface area contributed by atoms with Crippen molar-refractivity contribution in [3.05, 3.63) is 29.3 Å². The van der Waals surface area contributed by atoms with Gasteiger partial charge in [0.05, 0.1) is 4.90 Å². The molecule has 0 spiro atoms. The number of carbonyl (C=O) groups is 1. The van der Waals surface area contributed by atoms with Gasteiger partial charge < -0.3 is 4.90 Å². The molecule has 0 bridgehead atoms. The molecule has 0 unspecified atom stereocenters. The molecule has 0 atom stereocenters. The van der Waals surface area contributed by atoms with E-state index in [-0.39, 0.29) is 11.8 Å². The monoisotopic (exact) mass is 338 g/mol. The number of rotatable bonds is 3. The Kier molecular flexibility index (Phi) is 5.47. The van der Waals surface area contributed by atoms with Crippen LogP contribution in [0.25, 0.3) is 0 Å². The highest BCUT2D eigenvalue weighted by molar-refractivity contribution is 7.89. The van der Waals surface area contributed by atoms with Crippen molar-refractivity contribution in [2.45, 2.75) is 39.0 Å². The van der Waals surface area contributed by atoms with Gasteiger partial charge in [-0.2, -0.15) is 4.31 Å². The summed E-state index contributed by atoms with van der Waals surface area (Å²) in [4.78, 5) is 14.3. The minimum absolute atomic E-state index is 0.0579. The van der Waals surface area contributed by atoms with Crippen LogP contribution < -0.4 is 0 Å². The molecule has 23 heavy (non-hydrogen) atoms. The van der Waals surface area contributed by atoms with Crippen molar-refractivity contribution < 1.29 is 13.2 Å². The lowest BCUT2D eigenvalue weighted by atomic mass is 10.2. The molecule has 0 saturated carbocycles. The molecule has 1 amide bonds. The number of amides is 1. The highest BCUT2D eigenvalue weighted by atomic mass is 32.2. The van der Waals surface area contributed by atoms with E-state index in [2.05, 4.69) is 0 Å². The summed E-state index contributed by atoms with van der Waals surface area (Å²) < 4.78 is 27.3. The Morgan fingerprint density at radius 2 is 1.78 bits per heavy atom. The zero-order valence-corrected chi connectivity index (χ0v) is 15.2. The van der Waals surface area contributed by atoms with Crippen LogP contribution in [0.2, 0.25) is 0 Å². The molecule has 1 aliphatic heterocycles. The van der Waals surface area contributed by atoms with Gasteiger partial charge in [-0.05, 0) is 31.9 Å². The Morgan fingerprint density at radius 3 is 2.39 bits per heavy atom. The zero-order valence-electron chi connectivity index (χ0n) is 14.4. The quantitative estimate of drug-likeness (QED) is 0.849. The topological polar surface area (TPSA) is 57.7 Å². The highest BCUT2D eigenvalue weighted by Crippen LogP contribution is 2.22. The van der Waals surface area contributed by atoms with Gasteiger partial charge in [-0.25, -0.2) is 8.42 Å². The third-order valence-corrected chi connectivity index (χ3v) is 6.27. The predicted octanol–water partition coefficient (Wildman–Crippen LogP) is 2.18. The third-order valence-electron chi connectivity index (χ3n) is 4.21. The smallest absolute Gasteiger partial charge is 0.243 e. The second-order valence-electron chi connectivity index (χ2n) is 6.51. The van der Waals surface area contributed by atoms with Crippen LogP contribution in [0.1, 0.15) is 31.4 Å². The summed E-state index contributed by atoms with van der Waals surface area (Å²) in [5, 5.41) is 0. The molecule has 1 aromatic carbocycles. The highest BCUT2D eigenvalue weighted by Gasteiger charge is 2.29. The van der Waals surface area contributed by atoms with E-state index in [0.29, 0.717) is 37.5 Å². The number of benzene rings is 1. The van der Waals surface area contributed by atoms with Crippen molar-refractivity contribution in [1.29, 1.82) is 0 Å². The second kappa shape index (κ2) is 7.01. The van der Waals surface area contributed by atoms with E-state index < -0.39 is 10.0 Å². The van der Waals surface area contributed by atoms with Crippen molar-refractivity contribution >= 4 is 15.9 Å². The van der Waals surface area contributed by atoms with Gasteiger partial charge in [-0.3, -0.25) is 4.79 Å². The molecule has 1 saturated heterocycles. The molecule has 1 fully saturated rings. The summed E-state index contributed by atoms with van der Waals surface area (Å²) in [6.07, 6.45) is 0.669. The lowest BCUT2D eigenvalue weighted by Crippen LogP contribution is -2.39. The fourth-order valence-electron chi connectivity index (χ4n) is 2.95. The first-order chi connectivity index (χ1) is 10.7. The number of sulfonamides is 1. The molecule has 1 heterocycles. The maximum Gasteiger partial charge on any atom is 0.243 e. The predicted molar refractivity (Wildman–Crippen MR) is 90.7 cm³/mol. The maximum absolute atomic E-state index is 12.9. The van der Waals surface area contributed by atoms with Crippen molar-refractivity contribution in [3.8, 4) is 0 Å². The molecule has 1 aromatic rings. The number of hydrogen-bond acceptors (Lipinski definition) is 3. The molecular weight excluding hydrogens is 312 g/mol. The van der Waals surface area contributed by atoms with Gasteiger partial charge in [0.2, 0.25) is 15.9 Å². The Labute approximate surface area is 139 Å². The van der Waals surface area contributed by atoms with E-state index >= 15 is 0 Å². The summed E-state index contributed by atoms with van der Waals surface area (Å²) in [6.45, 7) is 9.41. The maximum atomic E-state index is 12.9. The summed E-state index contributed by atoms with van der Waals surface area (Å²) in [5.74, 6) is 0.0354. The normalized spacial score (nSPS) is 17.3. The van der Waals surface area contributed by atoms with Crippen molar-refractivity contribution in [3.63, 3.8) is 0 Å². The Morgan fingerprint density at radius 1 is 1.09 bits per heavy atom. The number of hydrogen-bond donors (Lipinski definition) is 0. The van der Waals surface area contributed by atoms with E-state index in [1.54, 1.807) is 11.0 Å². The first kappa shape index (κ1) is 17.9. The van der Waals surface area contributed by atoms with Crippen LogP contribution in [0.4, 0.5) is 0 Å². The minimum Gasteiger partial charge on any atom is -0.341 e. The lowest BCUT2D eigenvalue weighted by Gasteiger charge is -2.23. The van der Waals surface area contributed by atoms with Crippen LogP contribution in [0, 0.1) is 19.8 Å². The summed E-state index contributed by atoms with van der Waals surface area (Å²) in [5.41, 5.74) is 1.82. The van der Waals surface area contributed by atoms with Gasteiger partial charge in [0, 0.05) is 32.1 Å². The van der Waals surface area contributed by atoms with Gasteiger partial charge in [0.1, 0.15) is 0 Å². The first-order valence-corrected chi connectivity index (χ1v) is 9.53. The van der Waals surface area contributed by atoms with E-state index in [1.807, 2.05) is 39.8 Å². The second-order valence-corrected chi connectivity index (χ2v) is 8.41. The number of nitrogens with zero attached hydrogens (tertiary/aromatic N) is 2. The first-order valence-electron chi connectivity index (χ1n) is 8.09. The van der Waals surface area contributed by atoms with Gasteiger partial charge in [-0.15, -0.1) is 0 Å². The average molecular weight is 338 g/mol. The molecule has 6 heteroatoms. The van der Waals surface area contributed by atoms with Crippen molar-refractivity contribution in [2.75, 3.05) is 26.2 Å². The molecule has 0 aliphatic carbocycles. The summed E-state index contributed by atoms with van der Waals surface area (Å²) in [6, 6.07) is 5.40. The fourth-order valence-corrected chi connectivity index (χ4v) is 4.62. The standard InChI is InChI=1S/C17H26N2O3S/c1-13(2)17(20)18-8-5-9-19(11-10-18)23(21,22)16-7-6-14(3)12-15(16)4/h6-7,12-13H,5,8-11H2,1-4H3. The summed E-state index contributed by atoms with van der Waals surface area (Å²) in [7, 11) is -3.51. The Bertz CT molecular complexity index is 683. The minimum atomic E-state index is -3.51. The van der Waals surface area contributed by atoms with Gasteiger partial charge in [0.25, 0.3) is 0 Å². The zero-order chi connectivity index (χ0) is 17.2. The molecule has 0 aromatic heterocycles. The van der Waals surface area contributed by atoms with Crippen LogP contribution in [0.3, 0.4) is 0 Å². The molecule has 2 rings (SSSR count). The van der Waals surface area contributed by atoms with Crippen LogP contribution in [0.15, 0.2) is 23.1 Å². The van der Waals surface area contributed by atoms with Gasteiger partial charge in [0.15, 0.2) is 0 Å². The lowest BCUT2D eigenvalue weighted by molar-refractivity contribution is -0.134. The molecule has 1 aliphatic rings. The van der Waals surface area contributed by atoms with Crippen LogP contribution in [-0.4, -0.2) is 49.7 Å². The van der Waals surface area contributed by atoms with E-state index in [1.165, 1.54) is 4.31 Å². The van der Waals surface area contributed by atoms with Crippen LogP contribution in [-0.2, 0) is 14.8 Å². The Hall–Kier alpha value is -1.40. The van der Waals surface area contributed by atoms with E-state index in [0.717, 1.165) is 11.1 Å². The van der Waals surface area contributed by atoms with Crippen molar-refractivity contribution in [1.82, 2.24) is 9.21 Å². The molecule has 5 nitrogen and oxygen atoms in total. The third kappa shape index (κ3) is 3.93. The molecule has 0 N–H and O–H groups in total. The SMILES string of the molecule is Cc1ccc(S(=O)(=O)N2CCCN(C(=O)C(C)C)CC2)c(C)c1. The fraction of sp³-hybridized carbons (Fsp3) is 0.588. The largest absolute Gasteiger partial charge is 0.341 e.